The van der Waals surface area contributed by atoms with Crippen molar-refractivity contribution in [2.45, 2.75) is 26.3 Å². The predicted molar refractivity (Wildman–Crippen MR) is 61.6 cm³/mol. The minimum Gasteiger partial charge on any atom is -0.382 e. The summed E-state index contributed by atoms with van der Waals surface area (Å²) in [6.45, 7) is 4.25. The summed E-state index contributed by atoms with van der Waals surface area (Å²) in [6.07, 6.45) is 4.02. The van der Waals surface area contributed by atoms with E-state index in [1.54, 1.807) is 16.9 Å². The standard InChI is InChI=1S/C11H18N4O/c1-2-9-3-5-14(7-9)11(16)8-15-6-4-10(12)13-15/h4,6,9H,2-3,5,7-8H2,1H3,(H2,12,13). The van der Waals surface area contributed by atoms with E-state index in [9.17, 15) is 4.79 Å². The van der Waals surface area contributed by atoms with Gasteiger partial charge < -0.3 is 10.6 Å². The van der Waals surface area contributed by atoms with Gasteiger partial charge in [-0.05, 0) is 18.4 Å². The normalized spacial score (nSPS) is 20.3. The highest BCUT2D eigenvalue weighted by Gasteiger charge is 2.24. The van der Waals surface area contributed by atoms with Crippen LogP contribution < -0.4 is 5.73 Å². The number of likely N-dealkylation sites (tertiary alicyclic amines) is 1. The molecule has 0 aliphatic carbocycles. The van der Waals surface area contributed by atoms with Crippen molar-refractivity contribution in [1.82, 2.24) is 14.7 Å². The molecule has 1 unspecified atom stereocenters. The molecule has 2 rings (SSSR count). The summed E-state index contributed by atoms with van der Waals surface area (Å²) in [4.78, 5) is 13.8. The monoisotopic (exact) mass is 222 g/mol. The van der Waals surface area contributed by atoms with Crippen molar-refractivity contribution in [3.8, 4) is 0 Å². The topological polar surface area (TPSA) is 64.2 Å². The van der Waals surface area contributed by atoms with E-state index in [1.165, 1.54) is 0 Å². The molecule has 0 radical (unpaired) electrons. The van der Waals surface area contributed by atoms with Gasteiger partial charge in [-0.2, -0.15) is 5.10 Å². The van der Waals surface area contributed by atoms with Gasteiger partial charge >= 0.3 is 0 Å². The summed E-state index contributed by atoms with van der Waals surface area (Å²) in [6, 6.07) is 1.70. The van der Waals surface area contributed by atoms with Crippen LogP contribution in [0.15, 0.2) is 12.3 Å². The lowest BCUT2D eigenvalue weighted by atomic mass is 10.1. The zero-order valence-electron chi connectivity index (χ0n) is 9.59. The molecule has 1 fully saturated rings. The number of hydrogen-bond donors (Lipinski definition) is 1. The Bertz CT molecular complexity index is 374. The zero-order chi connectivity index (χ0) is 11.5. The van der Waals surface area contributed by atoms with E-state index in [0.29, 0.717) is 18.3 Å². The SMILES string of the molecule is CCC1CCN(C(=O)Cn2ccc(N)n2)C1. The Balaban J connectivity index is 1.89. The number of nitrogens with zero attached hydrogens (tertiary/aromatic N) is 3. The number of anilines is 1. The zero-order valence-corrected chi connectivity index (χ0v) is 9.59. The van der Waals surface area contributed by atoms with E-state index in [2.05, 4.69) is 12.0 Å². The molecular weight excluding hydrogens is 204 g/mol. The van der Waals surface area contributed by atoms with Crippen molar-refractivity contribution < 1.29 is 4.79 Å². The van der Waals surface area contributed by atoms with Crippen LogP contribution in [0.1, 0.15) is 19.8 Å². The summed E-state index contributed by atoms with van der Waals surface area (Å²) < 4.78 is 1.59. The van der Waals surface area contributed by atoms with Gasteiger partial charge in [0.15, 0.2) is 0 Å². The van der Waals surface area contributed by atoms with Crippen LogP contribution in [0.25, 0.3) is 0 Å². The first-order valence-corrected chi connectivity index (χ1v) is 5.75. The third kappa shape index (κ3) is 2.35. The molecule has 1 amide bonds. The number of aromatic nitrogens is 2. The molecule has 5 nitrogen and oxygen atoms in total. The molecule has 1 aromatic heterocycles. The van der Waals surface area contributed by atoms with E-state index in [1.807, 2.05) is 4.90 Å². The minimum atomic E-state index is 0.138. The van der Waals surface area contributed by atoms with Crippen LogP contribution in [0.3, 0.4) is 0 Å². The highest BCUT2D eigenvalue weighted by molar-refractivity contribution is 5.76. The van der Waals surface area contributed by atoms with E-state index in [0.717, 1.165) is 25.9 Å². The Morgan fingerprint density at radius 3 is 3.06 bits per heavy atom. The molecule has 1 aliphatic rings. The number of nitrogens with two attached hydrogens (primary N) is 1. The maximum absolute atomic E-state index is 11.9. The molecule has 2 N–H and O–H groups in total. The van der Waals surface area contributed by atoms with Crippen LogP contribution in [0.2, 0.25) is 0 Å². The van der Waals surface area contributed by atoms with Crippen LogP contribution >= 0.6 is 0 Å². The van der Waals surface area contributed by atoms with Crippen LogP contribution in [0, 0.1) is 5.92 Å². The van der Waals surface area contributed by atoms with Crippen molar-refractivity contribution in [1.29, 1.82) is 0 Å². The minimum absolute atomic E-state index is 0.138. The Labute approximate surface area is 95.2 Å². The lowest BCUT2D eigenvalue weighted by Gasteiger charge is -2.16. The fraction of sp³-hybridized carbons (Fsp3) is 0.636. The second kappa shape index (κ2) is 4.55. The summed E-state index contributed by atoms with van der Waals surface area (Å²) in [7, 11) is 0. The van der Waals surface area contributed by atoms with Gasteiger partial charge in [0.05, 0.1) is 0 Å². The number of carbonyl (C=O) groups excluding carboxylic acids is 1. The quantitative estimate of drug-likeness (QED) is 0.819. The fourth-order valence-corrected chi connectivity index (χ4v) is 2.10. The molecule has 1 aliphatic heterocycles. The van der Waals surface area contributed by atoms with Crippen molar-refractivity contribution in [3.05, 3.63) is 12.3 Å². The summed E-state index contributed by atoms with van der Waals surface area (Å²) in [5, 5.41) is 4.01. The van der Waals surface area contributed by atoms with Gasteiger partial charge in [-0.25, -0.2) is 0 Å². The Hall–Kier alpha value is -1.52. The van der Waals surface area contributed by atoms with Crippen molar-refractivity contribution in [2.24, 2.45) is 5.92 Å². The maximum atomic E-state index is 11.9. The third-order valence-corrected chi connectivity index (χ3v) is 3.17. The molecular formula is C11H18N4O. The van der Waals surface area contributed by atoms with Gasteiger partial charge in [0.25, 0.3) is 0 Å². The fourth-order valence-electron chi connectivity index (χ4n) is 2.10. The van der Waals surface area contributed by atoms with Gasteiger partial charge in [-0.1, -0.05) is 13.3 Å². The first-order valence-electron chi connectivity index (χ1n) is 5.75. The lowest BCUT2D eigenvalue weighted by Crippen LogP contribution is -2.32. The highest BCUT2D eigenvalue weighted by atomic mass is 16.2. The van der Waals surface area contributed by atoms with E-state index in [4.69, 9.17) is 5.73 Å². The summed E-state index contributed by atoms with van der Waals surface area (Å²) >= 11 is 0. The van der Waals surface area contributed by atoms with Gasteiger partial charge in [-0.3, -0.25) is 9.48 Å². The molecule has 1 atom stereocenters. The average molecular weight is 222 g/mol. The van der Waals surface area contributed by atoms with Gasteiger partial charge in [0.2, 0.25) is 5.91 Å². The second-order valence-corrected chi connectivity index (χ2v) is 4.34. The largest absolute Gasteiger partial charge is 0.382 e. The first-order chi connectivity index (χ1) is 7.69. The molecule has 1 aromatic rings. The third-order valence-electron chi connectivity index (χ3n) is 3.17. The van der Waals surface area contributed by atoms with Crippen LogP contribution in [-0.2, 0) is 11.3 Å². The number of nitrogen functional groups attached to an aromatic ring is 1. The van der Waals surface area contributed by atoms with E-state index < -0.39 is 0 Å². The smallest absolute Gasteiger partial charge is 0.244 e. The molecule has 0 saturated carbocycles. The summed E-state index contributed by atoms with van der Waals surface area (Å²) in [5.41, 5.74) is 5.49. The van der Waals surface area contributed by atoms with Gasteiger partial charge in [-0.15, -0.1) is 0 Å². The Morgan fingerprint density at radius 1 is 1.69 bits per heavy atom. The Kier molecular flexibility index (Phi) is 3.12. The molecule has 2 heterocycles. The Morgan fingerprint density at radius 2 is 2.50 bits per heavy atom. The maximum Gasteiger partial charge on any atom is 0.244 e. The molecule has 0 bridgehead atoms. The second-order valence-electron chi connectivity index (χ2n) is 4.34. The molecule has 1 saturated heterocycles. The van der Waals surface area contributed by atoms with Crippen molar-refractivity contribution in [2.75, 3.05) is 18.8 Å². The van der Waals surface area contributed by atoms with Crippen molar-refractivity contribution >= 4 is 11.7 Å². The van der Waals surface area contributed by atoms with Crippen LogP contribution in [0.4, 0.5) is 5.82 Å². The molecule has 16 heavy (non-hydrogen) atoms. The van der Waals surface area contributed by atoms with Gasteiger partial charge in [0, 0.05) is 19.3 Å². The molecule has 88 valence electrons. The van der Waals surface area contributed by atoms with E-state index in [-0.39, 0.29) is 5.91 Å². The molecule has 5 heteroatoms. The summed E-state index contributed by atoms with van der Waals surface area (Å²) in [5.74, 6) is 1.27. The first kappa shape index (κ1) is 11.0. The van der Waals surface area contributed by atoms with Gasteiger partial charge in [0.1, 0.15) is 12.4 Å². The number of amides is 1. The number of rotatable bonds is 3. The molecule has 0 spiro atoms. The average Bonchev–Trinajstić information content (AvgIpc) is 2.87. The number of carbonyl (C=O) groups is 1. The molecule has 0 aromatic carbocycles. The van der Waals surface area contributed by atoms with E-state index >= 15 is 0 Å². The highest BCUT2D eigenvalue weighted by Crippen LogP contribution is 2.19. The van der Waals surface area contributed by atoms with Crippen LogP contribution in [0.5, 0.6) is 0 Å². The van der Waals surface area contributed by atoms with Crippen LogP contribution in [-0.4, -0.2) is 33.7 Å². The van der Waals surface area contributed by atoms with Crippen molar-refractivity contribution in [3.63, 3.8) is 0 Å². The number of hydrogen-bond acceptors (Lipinski definition) is 3. The predicted octanol–water partition coefficient (Wildman–Crippen LogP) is 0.724. The lowest BCUT2D eigenvalue weighted by molar-refractivity contribution is -0.131.